The summed E-state index contributed by atoms with van der Waals surface area (Å²) in [5.74, 6) is 0. The SMILES string of the molecule is CCN1CCN(c2nc(C)c(CBr)s2)CC1. The van der Waals surface area contributed by atoms with Gasteiger partial charge in [0.2, 0.25) is 0 Å². The Morgan fingerprint density at radius 1 is 1.31 bits per heavy atom. The summed E-state index contributed by atoms with van der Waals surface area (Å²) in [5, 5.41) is 2.12. The molecular weight excluding hydrogens is 286 g/mol. The van der Waals surface area contributed by atoms with Crippen molar-refractivity contribution in [3.05, 3.63) is 10.6 Å². The molecule has 2 rings (SSSR count). The van der Waals surface area contributed by atoms with E-state index in [1.165, 1.54) is 28.8 Å². The highest BCUT2D eigenvalue weighted by atomic mass is 79.9. The number of alkyl halides is 1. The molecule has 0 saturated carbocycles. The van der Waals surface area contributed by atoms with Gasteiger partial charge in [-0.05, 0) is 13.5 Å². The lowest BCUT2D eigenvalue weighted by Crippen LogP contribution is -2.46. The normalized spacial score (nSPS) is 18.1. The molecule has 0 radical (unpaired) electrons. The molecule has 1 aliphatic heterocycles. The molecule has 1 aliphatic rings. The first-order chi connectivity index (χ1) is 7.74. The van der Waals surface area contributed by atoms with Gasteiger partial charge in [0.15, 0.2) is 5.13 Å². The Balaban J connectivity index is 2.02. The van der Waals surface area contributed by atoms with Gasteiger partial charge >= 0.3 is 0 Å². The lowest BCUT2D eigenvalue weighted by Gasteiger charge is -2.33. The Labute approximate surface area is 110 Å². The minimum absolute atomic E-state index is 0.922. The highest BCUT2D eigenvalue weighted by molar-refractivity contribution is 9.08. The van der Waals surface area contributed by atoms with E-state index in [9.17, 15) is 0 Å². The monoisotopic (exact) mass is 303 g/mol. The van der Waals surface area contributed by atoms with Crippen molar-refractivity contribution < 1.29 is 0 Å². The maximum atomic E-state index is 4.65. The Kier molecular flexibility index (Phi) is 4.21. The van der Waals surface area contributed by atoms with Crippen molar-refractivity contribution in [1.29, 1.82) is 0 Å². The van der Waals surface area contributed by atoms with Gasteiger partial charge < -0.3 is 9.80 Å². The number of aryl methyl sites for hydroxylation is 1. The summed E-state index contributed by atoms with van der Waals surface area (Å²) >= 11 is 5.33. The van der Waals surface area contributed by atoms with Crippen molar-refractivity contribution in [2.45, 2.75) is 19.2 Å². The maximum Gasteiger partial charge on any atom is 0.185 e. The molecule has 0 atom stereocenters. The molecule has 0 spiro atoms. The van der Waals surface area contributed by atoms with E-state index in [0.29, 0.717) is 0 Å². The maximum absolute atomic E-state index is 4.65. The zero-order valence-electron chi connectivity index (χ0n) is 9.87. The van der Waals surface area contributed by atoms with E-state index in [0.717, 1.165) is 25.0 Å². The second kappa shape index (κ2) is 5.47. The Morgan fingerprint density at radius 2 is 2.00 bits per heavy atom. The van der Waals surface area contributed by atoms with Gasteiger partial charge in [0.05, 0.1) is 5.69 Å². The summed E-state index contributed by atoms with van der Waals surface area (Å²) < 4.78 is 0. The quantitative estimate of drug-likeness (QED) is 0.800. The van der Waals surface area contributed by atoms with Crippen molar-refractivity contribution >= 4 is 32.4 Å². The van der Waals surface area contributed by atoms with Crippen molar-refractivity contribution in [3.63, 3.8) is 0 Å². The average Bonchev–Trinajstić information content (AvgIpc) is 2.71. The first-order valence-corrected chi connectivity index (χ1v) is 7.68. The van der Waals surface area contributed by atoms with Crippen LogP contribution in [0, 0.1) is 6.92 Å². The molecule has 3 nitrogen and oxygen atoms in total. The average molecular weight is 304 g/mol. The van der Waals surface area contributed by atoms with Crippen LogP contribution in [0.1, 0.15) is 17.5 Å². The highest BCUT2D eigenvalue weighted by Gasteiger charge is 2.19. The molecule has 0 unspecified atom stereocenters. The smallest absolute Gasteiger partial charge is 0.185 e. The molecule has 0 bridgehead atoms. The number of likely N-dealkylation sites (N-methyl/N-ethyl adjacent to an activating group) is 1. The van der Waals surface area contributed by atoms with E-state index in [4.69, 9.17) is 0 Å². The molecule has 0 N–H and O–H groups in total. The first-order valence-electron chi connectivity index (χ1n) is 5.74. The van der Waals surface area contributed by atoms with Gasteiger partial charge in [0.25, 0.3) is 0 Å². The van der Waals surface area contributed by atoms with Gasteiger partial charge in [-0.3, -0.25) is 0 Å². The molecule has 2 heterocycles. The summed E-state index contributed by atoms with van der Waals surface area (Å²) in [4.78, 5) is 10.9. The van der Waals surface area contributed by atoms with Crippen LogP contribution in [0.25, 0.3) is 0 Å². The number of hydrogen-bond donors (Lipinski definition) is 0. The minimum atomic E-state index is 0.922. The predicted octanol–water partition coefficient (Wildman–Crippen LogP) is 2.49. The number of nitrogens with zero attached hydrogens (tertiary/aromatic N) is 3. The van der Waals surface area contributed by atoms with E-state index in [1.54, 1.807) is 0 Å². The summed E-state index contributed by atoms with van der Waals surface area (Å²) in [6, 6.07) is 0. The van der Waals surface area contributed by atoms with Gasteiger partial charge in [-0.25, -0.2) is 4.98 Å². The molecule has 1 saturated heterocycles. The van der Waals surface area contributed by atoms with Gasteiger partial charge in [0.1, 0.15) is 0 Å². The summed E-state index contributed by atoms with van der Waals surface area (Å²) in [5.41, 5.74) is 1.18. The number of anilines is 1. The molecule has 0 aliphatic carbocycles. The fourth-order valence-electron chi connectivity index (χ4n) is 1.93. The molecule has 1 aromatic rings. The van der Waals surface area contributed by atoms with Crippen LogP contribution in [0.4, 0.5) is 5.13 Å². The molecule has 0 aromatic carbocycles. The van der Waals surface area contributed by atoms with Crippen LogP contribution >= 0.6 is 27.3 Å². The van der Waals surface area contributed by atoms with E-state index in [-0.39, 0.29) is 0 Å². The molecule has 1 fully saturated rings. The van der Waals surface area contributed by atoms with Gasteiger partial charge in [-0.2, -0.15) is 0 Å². The van der Waals surface area contributed by atoms with Crippen molar-refractivity contribution in [2.24, 2.45) is 0 Å². The van der Waals surface area contributed by atoms with Gasteiger partial charge in [-0.15, -0.1) is 11.3 Å². The fraction of sp³-hybridized carbons (Fsp3) is 0.727. The zero-order chi connectivity index (χ0) is 11.5. The second-order valence-corrected chi connectivity index (χ2v) is 5.68. The lowest BCUT2D eigenvalue weighted by molar-refractivity contribution is 0.271. The van der Waals surface area contributed by atoms with Crippen molar-refractivity contribution in [2.75, 3.05) is 37.6 Å². The lowest BCUT2D eigenvalue weighted by atomic mass is 10.3. The largest absolute Gasteiger partial charge is 0.346 e. The topological polar surface area (TPSA) is 19.4 Å². The number of piperazine rings is 1. The molecule has 16 heavy (non-hydrogen) atoms. The van der Waals surface area contributed by atoms with Crippen LogP contribution in [0.5, 0.6) is 0 Å². The third-order valence-electron chi connectivity index (χ3n) is 3.09. The Morgan fingerprint density at radius 3 is 2.50 bits per heavy atom. The number of halogens is 1. The first kappa shape index (κ1) is 12.3. The Hall–Kier alpha value is -0.130. The van der Waals surface area contributed by atoms with Crippen molar-refractivity contribution in [1.82, 2.24) is 9.88 Å². The minimum Gasteiger partial charge on any atom is -0.346 e. The third kappa shape index (κ3) is 2.57. The Bertz CT molecular complexity index is 345. The number of aromatic nitrogens is 1. The number of thiazole rings is 1. The molecular formula is C11H18BrN3S. The van der Waals surface area contributed by atoms with Crippen LogP contribution in [-0.4, -0.2) is 42.6 Å². The number of rotatable bonds is 3. The molecule has 1 aromatic heterocycles. The molecule has 0 amide bonds. The van der Waals surface area contributed by atoms with Gasteiger partial charge in [-0.1, -0.05) is 22.9 Å². The standard InChI is InChI=1S/C11H18BrN3S/c1-3-14-4-6-15(7-5-14)11-13-9(2)10(8-12)16-11/h3-8H2,1-2H3. The van der Waals surface area contributed by atoms with Crippen LogP contribution in [0.3, 0.4) is 0 Å². The van der Waals surface area contributed by atoms with Crippen LogP contribution < -0.4 is 4.90 Å². The van der Waals surface area contributed by atoms with E-state index >= 15 is 0 Å². The fourth-order valence-corrected chi connectivity index (χ4v) is 3.64. The second-order valence-electron chi connectivity index (χ2n) is 4.06. The van der Waals surface area contributed by atoms with E-state index in [1.807, 2.05) is 11.3 Å². The number of hydrogen-bond acceptors (Lipinski definition) is 4. The predicted molar refractivity (Wildman–Crippen MR) is 73.8 cm³/mol. The van der Waals surface area contributed by atoms with Crippen molar-refractivity contribution in [3.8, 4) is 0 Å². The van der Waals surface area contributed by atoms with Gasteiger partial charge in [0, 0.05) is 36.4 Å². The summed E-state index contributed by atoms with van der Waals surface area (Å²) in [6.45, 7) is 10.0. The highest BCUT2D eigenvalue weighted by Crippen LogP contribution is 2.28. The van der Waals surface area contributed by atoms with E-state index in [2.05, 4.69) is 44.6 Å². The summed E-state index contributed by atoms with van der Waals surface area (Å²) in [7, 11) is 0. The molecule has 5 heteroatoms. The van der Waals surface area contributed by atoms with Crippen LogP contribution in [0.15, 0.2) is 0 Å². The third-order valence-corrected chi connectivity index (χ3v) is 5.24. The molecule has 90 valence electrons. The zero-order valence-corrected chi connectivity index (χ0v) is 12.3. The van der Waals surface area contributed by atoms with Crippen LogP contribution in [0.2, 0.25) is 0 Å². The van der Waals surface area contributed by atoms with Crippen LogP contribution in [-0.2, 0) is 5.33 Å². The van der Waals surface area contributed by atoms with E-state index < -0.39 is 0 Å². The summed E-state index contributed by atoms with van der Waals surface area (Å²) in [6.07, 6.45) is 0.